The number of nitrogens with zero attached hydrogens (tertiary/aromatic N) is 4. The van der Waals surface area contributed by atoms with Gasteiger partial charge in [0, 0.05) is 6.42 Å². The van der Waals surface area contributed by atoms with Gasteiger partial charge in [-0.3, -0.25) is 4.57 Å². The van der Waals surface area contributed by atoms with Crippen molar-refractivity contribution in [1.82, 2.24) is 19.5 Å². The minimum Gasteiger partial charge on any atom is -0.394 e. The van der Waals surface area contributed by atoms with Gasteiger partial charge in [0.15, 0.2) is 11.9 Å². The number of thioether (sulfide) groups is 1. The third-order valence-corrected chi connectivity index (χ3v) is 3.91. The minimum atomic E-state index is -0.724. The third kappa shape index (κ3) is 2.12. The molecule has 1 saturated heterocycles. The predicted octanol–water partition coefficient (Wildman–Crippen LogP) is -0.229. The first-order valence-electron chi connectivity index (χ1n) is 6.12. The van der Waals surface area contributed by atoms with E-state index in [1.807, 2.05) is 6.26 Å². The molecule has 108 valence electrons. The molecular weight excluding hydrogens is 282 g/mol. The summed E-state index contributed by atoms with van der Waals surface area (Å²) in [6.07, 6.45) is 2.07. The Kier molecular flexibility index (Phi) is 3.50. The van der Waals surface area contributed by atoms with Gasteiger partial charge in [-0.1, -0.05) is 0 Å². The van der Waals surface area contributed by atoms with Crippen molar-refractivity contribution in [2.75, 3.05) is 18.6 Å². The van der Waals surface area contributed by atoms with Gasteiger partial charge in [-0.05, 0) is 6.26 Å². The fourth-order valence-electron chi connectivity index (χ4n) is 2.33. The topological polar surface area (TPSA) is 119 Å². The molecule has 0 bridgehead atoms. The highest BCUT2D eigenvalue weighted by Gasteiger charge is 2.36. The molecule has 0 amide bonds. The number of imidazole rings is 1. The summed E-state index contributed by atoms with van der Waals surface area (Å²) in [5.41, 5.74) is 6.83. The summed E-state index contributed by atoms with van der Waals surface area (Å²) < 4.78 is 7.24. The molecule has 1 fully saturated rings. The van der Waals surface area contributed by atoms with Crippen LogP contribution in [0, 0.1) is 0 Å². The summed E-state index contributed by atoms with van der Waals surface area (Å²) in [7, 11) is 0. The second-order valence-electron chi connectivity index (χ2n) is 4.55. The van der Waals surface area contributed by atoms with Gasteiger partial charge in [0.1, 0.15) is 16.6 Å². The Bertz CT molecular complexity index is 634. The molecule has 2 aromatic rings. The number of hydrogen-bond donors (Lipinski definition) is 3. The highest BCUT2D eigenvalue weighted by Crippen LogP contribution is 2.32. The normalized spacial score (nSPS) is 26.4. The first-order chi connectivity index (χ1) is 9.63. The van der Waals surface area contributed by atoms with Gasteiger partial charge in [-0.25, -0.2) is 9.97 Å². The molecule has 1 aliphatic rings. The van der Waals surface area contributed by atoms with Crippen LogP contribution in [0.2, 0.25) is 0 Å². The molecule has 1 aliphatic heterocycles. The van der Waals surface area contributed by atoms with Crippen LogP contribution in [0.5, 0.6) is 0 Å². The second-order valence-corrected chi connectivity index (χ2v) is 5.34. The van der Waals surface area contributed by atoms with Gasteiger partial charge in [0.05, 0.1) is 19.0 Å². The largest absolute Gasteiger partial charge is 0.394 e. The zero-order valence-electron chi connectivity index (χ0n) is 10.8. The molecule has 0 saturated carbocycles. The number of nitrogens with two attached hydrogens (primary N) is 1. The summed E-state index contributed by atoms with van der Waals surface area (Å²) >= 11 is 1.42. The summed E-state index contributed by atoms with van der Waals surface area (Å²) in [5, 5.41) is 19.9. The summed E-state index contributed by atoms with van der Waals surface area (Å²) in [4.78, 5) is 12.6. The van der Waals surface area contributed by atoms with Crippen LogP contribution in [0.4, 0.5) is 5.95 Å². The van der Waals surface area contributed by atoms with Gasteiger partial charge in [0.25, 0.3) is 0 Å². The lowest BCUT2D eigenvalue weighted by molar-refractivity contribution is -0.0486. The Morgan fingerprint density at radius 3 is 3.00 bits per heavy atom. The third-order valence-electron chi connectivity index (χ3n) is 3.24. The molecule has 8 nitrogen and oxygen atoms in total. The summed E-state index contributed by atoms with van der Waals surface area (Å²) in [5.74, 6) is 0.148. The number of hydrogen-bond acceptors (Lipinski definition) is 8. The van der Waals surface area contributed by atoms with Crippen LogP contribution in [-0.4, -0.2) is 54.8 Å². The van der Waals surface area contributed by atoms with E-state index in [9.17, 15) is 5.11 Å². The van der Waals surface area contributed by atoms with E-state index in [1.165, 1.54) is 11.8 Å². The molecule has 20 heavy (non-hydrogen) atoms. The quantitative estimate of drug-likeness (QED) is 0.525. The minimum absolute atomic E-state index is 0.132. The maximum atomic E-state index is 10.1. The molecule has 0 aromatic carbocycles. The van der Waals surface area contributed by atoms with Crippen molar-refractivity contribution in [3.05, 3.63) is 6.33 Å². The molecule has 4 N–H and O–H groups in total. The van der Waals surface area contributed by atoms with Crippen LogP contribution in [0.3, 0.4) is 0 Å². The maximum Gasteiger partial charge on any atom is 0.223 e. The highest BCUT2D eigenvalue weighted by atomic mass is 32.2. The van der Waals surface area contributed by atoms with Crippen molar-refractivity contribution in [3.63, 3.8) is 0 Å². The van der Waals surface area contributed by atoms with Crippen LogP contribution in [-0.2, 0) is 4.74 Å². The number of aliphatic hydroxyl groups is 2. The Morgan fingerprint density at radius 1 is 1.55 bits per heavy atom. The number of ether oxygens (including phenoxy) is 1. The van der Waals surface area contributed by atoms with Crippen LogP contribution in [0.1, 0.15) is 12.6 Å². The maximum absolute atomic E-state index is 10.1. The molecule has 9 heteroatoms. The Hall–Kier alpha value is -1.42. The van der Waals surface area contributed by atoms with Crippen molar-refractivity contribution >= 4 is 28.9 Å². The van der Waals surface area contributed by atoms with Crippen molar-refractivity contribution in [2.45, 2.75) is 29.9 Å². The molecule has 2 aromatic heterocycles. The lowest BCUT2D eigenvalue weighted by atomic mass is 10.2. The van der Waals surface area contributed by atoms with Gasteiger partial charge in [-0.15, -0.1) is 11.8 Å². The Morgan fingerprint density at radius 2 is 2.35 bits per heavy atom. The van der Waals surface area contributed by atoms with Crippen LogP contribution >= 0.6 is 11.8 Å². The zero-order valence-corrected chi connectivity index (χ0v) is 11.6. The molecule has 3 rings (SSSR count). The fourth-order valence-corrected chi connectivity index (χ4v) is 2.86. The van der Waals surface area contributed by atoms with Gasteiger partial charge in [0.2, 0.25) is 5.95 Å². The SMILES string of the molecule is CSc1nc(N)nc2c1ncn2[C@H]1O[C@@H](CO)C[C@H]1O. The molecule has 0 radical (unpaired) electrons. The smallest absolute Gasteiger partial charge is 0.223 e. The number of aromatic nitrogens is 4. The zero-order chi connectivity index (χ0) is 14.3. The average Bonchev–Trinajstić information content (AvgIpc) is 3.00. The van der Waals surface area contributed by atoms with Crippen LogP contribution in [0.25, 0.3) is 11.2 Å². The molecule has 3 heterocycles. The number of rotatable bonds is 3. The van der Waals surface area contributed by atoms with Crippen LogP contribution < -0.4 is 5.73 Å². The van der Waals surface area contributed by atoms with E-state index < -0.39 is 12.3 Å². The fraction of sp³-hybridized carbons (Fsp3) is 0.545. The van der Waals surface area contributed by atoms with E-state index in [4.69, 9.17) is 15.6 Å². The first kappa shape index (κ1) is 13.6. The second kappa shape index (κ2) is 5.17. The standard InChI is InChI=1S/C11H15N5O3S/c1-20-9-7-8(14-11(12)15-9)16(4-13-7)10-6(18)2-5(3-17)19-10/h4-6,10,17-18H,2-3H2,1H3,(H2,12,14,15)/t5-,6-,10+/m1/s1. The Labute approximate surface area is 119 Å². The van der Waals surface area contributed by atoms with E-state index in [2.05, 4.69) is 15.0 Å². The number of aliphatic hydroxyl groups excluding tert-OH is 2. The van der Waals surface area contributed by atoms with Gasteiger partial charge >= 0.3 is 0 Å². The van der Waals surface area contributed by atoms with Crippen molar-refractivity contribution in [1.29, 1.82) is 0 Å². The summed E-state index contributed by atoms with van der Waals surface area (Å²) in [6.45, 7) is -0.132. The monoisotopic (exact) mass is 297 g/mol. The highest BCUT2D eigenvalue weighted by molar-refractivity contribution is 7.98. The molecular formula is C11H15N5O3S. The van der Waals surface area contributed by atoms with Crippen LogP contribution in [0.15, 0.2) is 11.4 Å². The Balaban J connectivity index is 2.07. The number of nitrogen functional groups attached to an aromatic ring is 1. The lowest BCUT2D eigenvalue weighted by Crippen LogP contribution is -2.19. The number of fused-ring (bicyclic) bond motifs is 1. The molecule has 0 unspecified atom stereocenters. The predicted molar refractivity (Wildman–Crippen MR) is 73.1 cm³/mol. The average molecular weight is 297 g/mol. The molecule has 3 atom stereocenters. The van der Waals surface area contributed by atoms with E-state index >= 15 is 0 Å². The van der Waals surface area contributed by atoms with Crippen molar-refractivity contribution in [3.8, 4) is 0 Å². The van der Waals surface area contributed by atoms with E-state index in [0.29, 0.717) is 22.6 Å². The number of anilines is 1. The first-order valence-corrected chi connectivity index (χ1v) is 7.35. The van der Waals surface area contributed by atoms with Gasteiger partial charge in [-0.2, -0.15) is 4.98 Å². The summed E-state index contributed by atoms with van der Waals surface area (Å²) in [6, 6.07) is 0. The van der Waals surface area contributed by atoms with Gasteiger partial charge < -0.3 is 20.7 Å². The van der Waals surface area contributed by atoms with Crippen molar-refractivity contribution < 1.29 is 14.9 Å². The van der Waals surface area contributed by atoms with Crippen molar-refractivity contribution in [2.24, 2.45) is 0 Å². The van der Waals surface area contributed by atoms with E-state index in [0.717, 1.165) is 0 Å². The van der Waals surface area contributed by atoms with E-state index in [1.54, 1.807) is 10.9 Å². The molecule has 0 aliphatic carbocycles. The van der Waals surface area contributed by atoms with E-state index in [-0.39, 0.29) is 18.7 Å². The lowest BCUT2D eigenvalue weighted by Gasteiger charge is -2.16. The molecule has 0 spiro atoms.